The fraction of sp³-hybridized carbons (Fsp3) is 0.133. The molecule has 2 rings (SSSR count). The summed E-state index contributed by atoms with van der Waals surface area (Å²) in [4.78, 5) is 12.1. The Bertz CT molecular complexity index is 573. The largest absolute Gasteiger partial charge is 0.322 e. The second-order valence-electron chi connectivity index (χ2n) is 4.16. The average molecular weight is 383 g/mol. The first-order valence-electron chi connectivity index (χ1n) is 5.95. The molecule has 0 radical (unpaired) electrons. The van der Waals surface area contributed by atoms with Crippen LogP contribution in [0.1, 0.15) is 22.8 Å². The summed E-state index contributed by atoms with van der Waals surface area (Å²) in [5.74, 6) is -0.119. The van der Waals surface area contributed by atoms with Crippen molar-refractivity contribution >= 4 is 43.5 Å². The van der Waals surface area contributed by atoms with Crippen molar-refractivity contribution < 1.29 is 4.79 Å². The van der Waals surface area contributed by atoms with Gasteiger partial charge < -0.3 is 5.32 Å². The summed E-state index contributed by atoms with van der Waals surface area (Å²) in [5, 5.41) is 2.88. The first-order chi connectivity index (χ1) is 9.08. The van der Waals surface area contributed by atoms with Crippen LogP contribution in [-0.2, 0) is 6.42 Å². The zero-order valence-corrected chi connectivity index (χ0v) is 13.6. The van der Waals surface area contributed by atoms with Crippen LogP contribution in [-0.4, -0.2) is 5.91 Å². The minimum atomic E-state index is -0.119. The van der Waals surface area contributed by atoms with Crippen LogP contribution >= 0.6 is 31.9 Å². The third kappa shape index (κ3) is 3.91. The van der Waals surface area contributed by atoms with E-state index in [1.54, 1.807) is 12.1 Å². The standard InChI is InChI=1S/C15H13Br2NO/c1-2-10-3-5-14(6-4-10)18-15(19)11-7-12(16)9-13(17)8-11/h3-9H,2H2,1H3,(H,18,19). The van der Waals surface area contributed by atoms with Crippen molar-refractivity contribution in [3.8, 4) is 0 Å². The van der Waals surface area contributed by atoms with Gasteiger partial charge in [0.2, 0.25) is 0 Å². The lowest BCUT2D eigenvalue weighted by Gasteiger charge is -2.07. The molecule has 98 valence electrons. The molecule has 2 nitrogen and oxygen atoms in total. The van der Waals surface area contributed by atoms with E-state index < -0.39 is 0 Å². The molecule has 4 heteroatoms. The van der Waals surface area contributed by atoms with E-state index in [9.17, 15) is 4.79 Å². The van der Waals surface area contributed by atoms with E-state index in [2.05, 4.69) is 44.1 Å². The molecule has 0 aliphatic carbocycles. The average Bonchev–Trinajstić information content (AvgIpc) is 2.38. The van der Waals surface area contributed by atoms with Crippen LogP contribution in [0.5, 0.6) is 0 Å². The fourth-order valence-electron chi connectivity index (χ4n) is 1.71. The number of aryl methyl sites for hydroxylation is 1. The maximum absolute atomic E-state index is 12.1. The Labute approximate surface area is 129 Å². The van der Waals surface area contributed by atoms with Gasteiger partial charge in [-0.3, -0.25) is 4.79 Å². The number of hydrogen-bond donors (Lipinski definition) is 1. The van der Waals surface area contributed by atoms with E-state index in [4.69, 9.17) is 0 Å². The Kier molecular flexibility index (Phi) is 4.77. The zero-order chi connectivity index (χ0) is 13.8. The predicted molar refractivity (Wildman–Crippen MR) is 85.6 cm³/mol. The highest BCUT2D eigenvalue weighted by Gasteiger charge is 2.08. The number of carbonyl (C=O) groups excluding carboxylic acids is 1. The maximum Gasteiger partial charge on any atom is 0.255 e. The van der Waals surface area contributed by atoms with E-state index in [0.717, 1.165) is 21.1 Å². The number of amides is 1. The van der Waals surface area contributed by atoms with Crippen LogP contribution in [0, 0.1) is 0 Å². The van der Waals surface area contributed by atoms with E-state index in [-0.39, 0.29) is 5.91 Å². The van der Waals surface area contributed by atoms with E-state index in [1.807, 2.05) is 30.3 Å². The van der Waals surface area contributed by atoms with Crippen molar-refractivity contribution in [2.45, 2.75) is 13.3 Å². The molecule has 0 spiro atoms. The Balaban J connectivity index is 2.15. The molecule has 0 atom stereocenters. The molecule has 0 heterocycles. The van der Waals surface area contributed by atoms with Crippen LogP contribution in [0.15, 0.2) is 51.4 Å². The molecule has 1 N–H and O–H groups in total. The second-order valence-corrected chi connectivity index (χ2v) is 5.99. The minimum Gasteiger partial charge on any atom is -0.322 e. The summed E-state index contributed by atoms with van der Waals surface area (Å²) in [6, 6.07) is 13.4. The third-order valence-electron chi connectivity index (χ3n) is 2.74. The molecule has 0 aliphatic rings. The molecular formula is C15H13Br2NO. The van der Waals surface area contributed by atoms with Crippen LogP contribution in [0.25, 0.3) is 0 Å². The van der Waals surface area contributed by atoms with Crippen molar-refractivity contribution in [1.82, 2.24) is 0 Å². The highest BCUT2D eigenvalue weighted by molar-refractivity contribution is 9.11. The van der Waals surface area contributed by atoms with Crippen molar-refractivity contribution in [2.24, 2.45) is 0 Å². The quantitative estimate of drug-likeness (QED) is 0.792. The SMILES string of the molecule is CCc1ccc(NC(=O)c2cc(Br)cc(Br)c2)cc1. The van der Waals surface area contributed by atoms with Gasteiger partial charge in [-0.15, -0.1) is 0 Å². The Morgan fingerprint density at radius 1 is 1.05 bits per heavy atom. The number of nitrogens with one attached hydrogen (secondary N) is 1. The molecule has 0 bridgehead atoms. The van der Waals surface area contributed by atoms with Crippen molar-refractivity contribution in [3.05, 3.63) is 62.5 Å². The smallest absolute Gasteiger partial charge is 0.255 e. The molecule has 19 heavy (non-hydrogen) atoms. The lowest BCUT2D eigenvalue weighted by molar-refractivity contribution is 0.102. The number of halogens is 2. The summed E-state index contributed by atoms with van der Waals surface area (Å²) < 4.78 is 1.74. The third-order valence-corrected chi connectivity index (χ3v) is 3.66. The Morgan fingerprint density at radius 3 is 2.16 bits per heavy atom. The second kappa shape index (κ2) is 6.35. The highest BCUT2D eigenvalue weighted by atomic mass is 79.9. The summed E-state index contributed by atoms with van der Waals surface area (Å²) in [6.45, 7) is 2.10. The number of carbonyl (C=O) groups is 1. The summed E-state index contributed by atoms with van der Waals surface area (Å²) in [7, 11) is 0. The van der Waals surface area contributed by atoms with Crippen LogP contribution in [0.2, 0.25) is 0 Å². The molecule has 1 amide bonds. The summed E-state index contributed by atoms with van der Waals surface area (Å²) >= 11 is 6.75. The van der Waals surface area contributed by atoms with E-state index in [0.29, 0.717) is 5.56 Å². The molecule has 2 aromatic carbocycles. The topological polar surface area (TPSA) is 29.1 Å². The molecule has 0 aromatic heterocycles. The number of benzene rings is 2. The lowest BCUT2D eigenvalue weighted by Crippen LogP contribution is -2.11. The van der Waals surface area contributed by atoms with Crippen molar-refractivity contribution in [1.29, 1.82) is 0 Å². The lowest BCUT2D eigenvalue weighted by atomic mass is 10.1. The minimum absolute atomic E-state index is 0.119. The molecular weight excluding hydrogens is 370 g/mol. The van der Waals surface area contributed by atoms with Crippen LogP contribution < -0.4 is 5.32 Å². The number of hydrogen-bond acceptors (Lipinski definition) is 1. The van der Waals surface area contributed by atoms with Gasteiger partial charge in [-0.25, -0.2) is 0 Å². The molecule has 0 saturated carbocycles. The molecule has 0 unspecified atom stereocenters. The predicted octanol–water partition coefficient (Wildman–Crippen LogP) is 5.03. The first-order valence-corrected chi connectivity index (χ1v) is 7.53. The summed E-state index contributed by atoms with van der Waals surface area (Å²) in [6.07, 6.45) is 0.993. The zero-order valence-electron chi connectivity index (χ0n) is 10.4. The van der Waals surface area contributed by atoms with Crippen molar-refractivity contribution in [3.63, 3.8) is 0 Å². The van der Waals surface area contributed by atoms with Gasteiger partial charge in [0.05, 0.1) is 0 Å². The van der Waals surface area contributed by atoms with Gasteiger partial charge >= 0.3 is 0 Å². The Hall–Kier alpha value is -1.13. The van der Waals surface area contributed by atoms with Gasteiger partial charge in [0.25, 0.3) is 5.91 Å². The number of rotatable bonds is 3. The molecule has 0 saturated heterocycles. The van der Waals surface area contributed by atoms with E-state index >= 15 is 0 Å². The van der Waals surface area contributed by atoms with Crippen LogP contribution in [0.3, 0.4) is 0 Å². The normalized spacial score (nSPS) is 10.3. The summed E-state index contributed by atoms with van der Waals surface area (Å²) in [5.41, 5.74) is 2.67. The van der Waals surface area contributed by atoms with Gasteiger partial charge in [0.15, 0.2) is 0 Å². The van der Waals surface area contributed by atoms with Gasteiger partial charge in [-0.05, 0) is 42.3 Å². The van der Waals surface area contributed by atoms with Gasteiger partial charge in [0, 0.05) is 20.2 Å². The highest BCUT2D eigenvalue weighted by Crippen LogP contribution is 2.21. The number of anilines is 1. The van der Waals surface area contributed by atoms with Crippen LogP contribution in [0.4, 0.5) is 5.69 Å². The van der Waals surface area contributed by atoms with Gasteiger partial charge in [-0.1, -0.05) is 50.9 Å². The van der Waals surface area contributed by atoms with Gasteiger partial charge in [0.1, 0.15) is 0 Å². The first kappa shape index (κ1) is 14.3. The molecule has 2 aromatic rings. The van der Waals surface area contributed by atoms with E-state index in [1.165, 1.54) is 5.56 Å². The van der Waals surface area contributed by atoms with Gasteiger partial charge in [-0.2, -0.15) is 0 Å². The molecule has 0 fully saturated rings. The molecule has 0 aliphatic heterocycles. The Morgan fingerprint density at radius 2 is 1.63 bits per heavy atom. The maximum atomic E-state index is 12.1. The fourth-order valence-corrected chi connectivity index (χ4v) is 3.01. The monoisotopic (exact) mass is 381 g/mol. The van der Waals surface area contributed by atoms with Crippen molar-refractivity contribution in [2.75, 3.05) is 5.32 Å².